The van der Waals surface area contributed by atoms with Gasteiger partial charge in [0.1, 0.15) is 12.2 Å². The van der Waals surface area contributed by atoms with Crippen LogP contribution in [0.3, 0.4) is 0 Å². The normalized spacial score (nSPS) is 9.86. The molecule has 3 nitrogen and oxygen atoms in total. The van der Waals surface area contributed by atoms with E-state index in [1.54, 1.807) is 0 Å². The maximum absolute atomic E-state index is 12.9. The Kier molecular flexibility index (Phi) is 3.35. The fourth-order valence-electron chi connectivity index (χ4n) is 0.909. The van der Waals surface area contributed by atoms with E-state index >= 15 is 0 Å². The third kappa shape index (κ3) is 2.63. The summed E-state index contributed by atoms with van der Waals surface area (Å²) in [4.78, 5) is 21.4. The molecule has 0 bridgehead atoms. The van der Waals surface area contributed by atoms with Crippen molar-refractivity contribution in [2.24, 2.45) is 0 Å². The number of ketones is 1. The molecule has 0 heterocycles. The molecule has 0 amide bonds. The van der Waals surface area contributed by atoms with Gasteiger partial charge in [-0.25, -0.2) is 4.39 Å². The molecule has 1 aromatic carbocycles. The SMILES string of the molecule is O=C(O)CC(=O)c1ccc(Br)c(F)c1. The van der Waals surface area contributed by atoms with Gasteiger partial charge in [0.25, 0.3) is 0 Å². The first-order chi connectivity index (χ1) is 6.50. The van der Waals surface area contributed by atoms with Gasteiger partial charge in [0, 0.05) is 5.56 Å². The number of hydrogen-bond donors (Lipinski definition) is 1. The van der Waals surface area contributed by atoms with Gasteiger partial charge in [-0.3, -0.25) is 9.59 Å². The number of Topliss-reactive ketones (excluding diaryl/α,β-unsaturated/α-hetero) is 1. The smallest absolute Gasteiger partial charge is 0.311 e. The lowest BCUT2D eigenvalue weighted by atomic mass is 10.1. The molecule has 0 radical (unpaired) electrons. The van der Waals surface area contributed by atoms with Crippen LogP contribution in [0.1, 0.15) is 16.8 Å². The quantitative estimate of drug-likeness (QED) is 0.670. The van der Waals surface area contributed by atoms with E-state index in [0.29, 0.717) is 0 Å². The number of halogens is 2. The number of carbonyl (C=O) groups is 2. The zero-order valence-corrected chi connectivity index (χ0v) is 8.54. The summed E-state index contributed by atoms with van der Waals surface area (Å²) in [6, 6.07) is 3.75. The van der Waals surface area contributed by atoms with E-state index in [0.717, 1.165) is 6.07 Å². The van der Waals surface area contributed by atoms with Crippen molar-refractivity contribution in [1.82, 2.24) is 0 Å². The fraction of sp³-hybridized carbons (Fsp3) is 0.111. The average Bonchev–Trinajstić information content (AvgIpc) is 2.08. The van der Waals surface area contributed by atoms with Crippen molar-refractivity contribution < 1.29 is 19.1 Å². The van der Waals surface area contributed by atoms with Crippen LogP contribution in [-0.4, -0.2) is 16.9 Å². The molecule has 14 heavy (non-hydrogen) atoms. The molecule has 0 aliphatic rings. The van der Waals surface area contributed by atoms with Gasteiger partial charge in [-0.05, 0) is 28.1 Å². The van der Waals surface area contributed by atoms with Gasteiger partial charge in [-0.2, -0.15) is 0 Å². The Bertz CT molecular complexity index is 390. The molecule has 1 N–H and O–H groups in total. The molecule has 0 aliphatic heterocycles. The standard InChI is InChI=1S/C9H6BrFO3/c10-6-2-1-5(3-7(6)11)8(12)4-9(13)14/h1-3H,4H2,(H,13,14). The lowest BCUT2D eigenvalue weighted by Gasteiger charge is -1.99. The Hall–Kier alpha value is -1.23. The van der Waals surface area contributed by atoms with E-state index in [1.807, 2.05) is 0 Å². The van der Waals surface area contributed by atoms with E-state index in [4.69, 9.17) is 5.11 Å². The maximum atomic E-state index is 12.9. The van der Waals surface area contributed by atoms with Crippen molar-refractivity contribution in [1.29, 1.82) is 0 Å². The van der Waals surface area contributed by atoms with Crippen LogP contribution in [-0.2, 0) is 4.79 Å². The maximum Gasteiger partial charge on any atom is 0.311 e. The van der Waals surface area contributed by atoms with E-state index < -0.39 is 24.0 Å². The number of carboxylic acid groups (broad SMARTS) is 1. The van der Waals surface area contributed by atoms with Gasteiger partial charge in [0.2, 0.25) is 0 Å². The van der Waals surface area contributed by atoms with Crippen molar-refractivity contribution in [3.05, 3.63) is 34.1 Å². The van der Waals surface area contributed by atoms with Crippen molar-refractivity contribution in [3.63, 3.8) is 0 Å². The first-order valence-electron chi connectivity index (χ1n) is 3.70. The van der Waals surface area contributed by atoms with E-state index in [2.05, 4.69) is 15.9 Å². The minimum absolute atomic E-state index is 0.0631. The van der Waals surface area contributed by atoms with E-state index in [9.17, 15) is 14.0 Å². The molecular weight excluding hydrogens is 255 g/mol. The molecule has 0 fully saturated rings. The number of rotatable bonds is 3. The molecule has 0 saturated carbocycles. The number of benzene rings is 1. The second-order valence-corrected chi connectivity index (χ2v) is 3.48. The monoisotopic (exact) mass is 260 g/mol. The highest BCUT2D eigenvalue weighted by molar-refractivity contribution is 9.10. The number of aliphatic carboxylic acids is 1. The highest BCUT2D eigenvalue weighted by Crippen LogP contribution is 2.17. The van der Waals surface area contributed by atoms with Gasteiger partial charge in [-0.1, -0.05) is 6.07 Å². The van der Waals surface area contributed by atoms with Gasteiger partial charge < -0.3 is 5.11 Å². The summed E-state index contributed by atoms with van der Waals surface area (Å²) in [5.74, 6) is -2.41. The average molecular weight is 261 g/mol. The van der Waals surface area contributed by atoms with Crippen LogP contribution >= 0.6 is 15.9 Å². The van der Waals surface area contributed by atoms with Crippen LogP contribution in [0.4, 0.5) is 4.39 Å². The van der Waals surface area contributed by atoms with Crippen molar-refractivity contribution >= 4 is 27.7 Å². The minimum Gasteiger partial charge on any atom is -0.481 e. The molecule has 1 aromatic rings. The summed E-state index contributed by atoms with van der Waals surface area (Å²) in [5, 5.41) is 8.35. The molecule has 5 heteroatoms. The van der Waals surface area contributed by atoms with Gasteiger partial charge in [0.15, 0.2) is 5.78 Å². The van der Waals surface area contributed by atoms with Crippen molar-refractivity contribution in [2.75, 3.05) is 0 Å². The second kappa shape index (κ2) is 4.32. The molecule has 74 valence electrons. The van der Waals surface area contributed by atoms with Crippen LogP contribution in [0.2, 0.25) is 0 Å². The van der Waals surface area contributed by atoms with Crippen LogP contribution in [0.25, 0.3) is 0 Å². The highest BCUT2D eigenvalue weighted by atomic mass is 79.9. The lowest BCUT2D eigenvalue weighted by molar-refractivity contribution is -0.135. The first-order valence-corrected chi connectivity index (χ1v) is 4.50. The fourth-order valence-corrected chi connectivity index (χ4v) is 1.16. The van der Waals surface area contributed by atoms with Crippen LogP contribution in [0.15, 0.2) is 22.7 Å². The summed E-state index contributed by atoms with van der Waals surface area (Å²) >= 11 is 2.93. The molecule has 0 atom stereocenters. The first kappa shape index (κ1) is 10.8. The lowest BCUT2D eigenvalue weighted by Crippen LogP contribution is -2.07. The van der Waals surface area contributed by atoms with Gasteiger partial charge in [-0.15, -0.1) is 0 Å². The number of carboxylic acids is 1. The van der Waals surface area contributed by atoms with Gasteiger partial charge in [0.05, 0.1) is 4.47 Å². The number of hydrogen-bond acceptors (Lipinski definition) is 2. The van der Waals surface area contributed by atoms with Gasteiger partial charge >= 0.3 is 5.97 Å². The van der Waals surface area contributed by atoms with Crippen molar-refractivity contribution in [3.8, 4) is 0 Å². The molecule has 0 saturated heterocycles. The van der Waals surface area contributed by atoms with Crippen LogP contribution < -0.4 is 0 Å². The Morgan fingerprint density at radius 1 is 1.43 bits per heavy atom. The topological polar surface area (TPSA) is 54.4 Å². The minimum atomic E-state index is -1.22. The Labute approximate surface area is 87.7 Å². The number of carbonyl (C=O) groups excluding carboxylic acids is 1. The summed E-state index contributed by atoms with van der Waals surface area (Å²) in [7, 11) is 0. The van der Waals surface area contributed by atoms with Crippen LogP contribution in [0.5, 0.6) is 0 Å². The predicted molar refractivity (Wildman–Crippen MR) is 50.7 cm³/mol. The molecule has 1 rings (SSSR count). The summed E-state index contributed by atoms with van der Waals surface area (Å²) in [6.07, 6.45) is -0.624. The zero-order valence-electron chi connectivity index (χ0n) is 6.96. The van der Waals surface area contributed by atoms with E-state index in [-0.39, 0.29) is 10.0 Å². The predicted octanol–water partition coefficient (Wildman–Crippen LogP) is 2.25. The molecular formula is C9H6BrFO3. The molecule has 0 aliphatic carbocycles. The Balaban J connectivity index is 2.91. The Morgan fingerprint density at radius 2 is 2.07 bits per heavy atom. The third-order valence-electron chi connectivity index (χ3n) is 1.55. The molecule has 0 unspecified atom stereocenters. The summed E-state index contributed by atoms with van der Waals surface area (Å²) in [6.45, 7) is 0. The second-order valence-electron chi connectivity index (χ2n) is 2.62. The molecule has 0 spiro atoms. The highest BCUT2D eigenvalue weighted by Gasteiger charge is 2.12. The third-order valence-corrected chi connectivity index (χ3v) is 2.20. The zero-order chi connectivity index (χ0) is 10.7. The van der Waals surface area contributed by atoms with E-state index in [1.165, 1.54) is 12.1 Å². The summed E-state index contributed by atoms with van der Waals surface area (Å²) in [5.41, 5.74) is 0.0631. The summed E-state index contributed by atoms with van der Waals surface area (Å²) < 4.78 is 13.2. The Morgan fingerprint density at radius 3 is 2.57 bits per heavy atom. The van der Waals surface area contributed by atoms with Crippen molar-refractivity contribution in [2.45, 2.75) is 6.42 Å². The largest absolute Gasteiger partial charge is 0.481 e. The molecule has 0 aromatic heterocycles. The van der Waals surface area contributed by atoms with Crippen LogP contribution in [0, 0.1) is 5.82 Å².